The molecule has 0 amide bonds. The van der Waals surface area contributed by atoms with Gasteiger partial charge in [-0.3, -0.25) is 4.79 Å². The summed E-state index contributed by atoms with van der Waals surface area (Å²) in [5.74, 6) is 1.83. The summed E-state index contributed by atoms with van der Waals surface area (Å²) in [6.07, 6.45) is 4.56. The third kappa shape index (κ3) is 3.05. The highest BCUT2D eigenvalue weighted by Crippen LogP contribution is 2.47. The van der Waals surface area contributed by atoms with E-state index in [2.05, 4.69) is 35.3 Å². The third-order valence-corrected chi connectivity index (χ3v) is 5.78. The molecule has 148 valence electrons. The molecule has 4 rings (SSSR count). The number of hydrogen-bond donors (Lipinski definition) is 1. The van der Waals surface area contributed by atoms with Gasteiger partial charge in [0.1, 0.15) is 17.3 Å². The van der Waals surface area contributed by atoms with Crippen LogP contribution in [-0.4, -0.2) is 41.0 Å². The van der Waals surface area contributed by atoms with E-state index in [4.69, 9.17) is 9.47 Å². The zero-order valence-corrected chi connectivity index (χ0v) is 17.5. The molecule has 1 aromatic heterocycles. The molecule has 7 nitrogen and oxygen atoms in total. The minimum absolute atomic E-state index is 0.178. The summed E-state index contributed by atoms with van der Waals surface area (Å²) < 4.78 is 12.9. The Hall–Kier alpha value is -2.48. The van der Waals surface area contributed by atoms with E-state index >= 15 is 0 Å². The molecule has 1 aliphatic carbocycles. The Kier molecular flexibility index (Phi) is 4.61. The molecule has 0 unspecified atom stereocenters. The van der Waals surface area contributed by atoms with E-state index < -0.39 is 0 Å². The molecule has 1 N–H and O–H groups in total. The van der Waals surface area contributed by atoms with E-state index in [0.29, 0.717) is 29.0 Å². The van der Waals surface area contributed by atoms with Crippen LogP contribution >= 0.6 is 11.8 Å². The second-order valence-electron chi connectivity index (χ2n) is 7.75. The van der Waals surface area contributed by atoms with Crippen LogP contribution in [0.2, 0.25) is 0 Å². The van der Waals surface area contributed by atoms with Crippen LogP contribution < -0.4 is 14.8 Å². The van der Waals surface area contributed by atoms with E-state index in [-0.39, 0.29) is 23.2 Å². The molecule has 0 saturated heterocycles. The van der Waals surface area contributed by atoms with Crippen LogP contribution in [0.5, 0.6) is 11.5 Å². The Bertz CT molecular complexity index is 966. The van der Waals surface area contributed by atoms with E-state index in [9.17, 15) is 4.79 Å². The van der Waals surface area contributed by atoms with Gasteiger partial charge in [-0.2, -0.15) is 4.98 Å². The van der Waals surface area contributed by atoms with E-state index in [0.717, 1.165) is 11.3 Å². The lowest BCUT2D eigenvalue weighted by Gasteiger charge is -2.40. The average molecular weight is 401 g/mol. The van der Waals surface area contributed by atoms with E-state index in [1.165, 1.54) is 11.8 Å². The minimum atomic E-state index is -0.377. The van der Waals surface area contributed by atoms with Gasteiger partial charge in [-0.25, -0.2) is 4.68 Å². The molecule has 2 atom stereocenters. The van der Waals surface area contributed by atoms with Gasteiger partial charge >= 0.3 is 0 Å². The largest absolute Gasteiger partial charge is 0.497 e. The topological polar surface area (TPSA) is 78.3 Å². The minimum Gasteiger partial charge on any atom is -0.497 e. The number of fused-ring (bicyclic) bond motifs is 2. The Morgan fingerprint density at radius 1 is 1.29 bits per heavy atom. The van der Waals surface area contributed by atoms with Crippen molar-refractivity contribution < 1.29 is 14.3 Å². The highest BCUT2D eigenvalue weighted by atomic mass is 32.2. The molecule has 0 bridgehead atoms. The SMILES string of the molecule is COc1ccc(OC)c([C@@H]2[C@H]3C(=O)CC(C)(C)C=C3Nc3nc(SC)nn32)c1. The van der Waals surface area contributed by atoms with Gasteiger partial charge in [-0.05, 0) is 29.9 Å². The summed E-state index contributed by atoms with van der Waals surface area (Å²) >= 11 is 1.47. The van der Waals surface area contributed by atoms with Gasteiger partial charge in [-0.15, -0.1) is 5.10 Å². The molecule has 1 aliphatic heterocycles. The molecule has 2 aliphatic rings. The Labute approximate surface area is 168 Å². The number of Topliss-reactive ketones (excluding diaryl/α,β-unsaturated/α-hetero) is 1. The van der Waals surface area contributed by atoms with E-state index in [1.807, 2.05) is 24.5 Å². The third-order valence-electron chi connectivity index (χ3n) is 5.24. The summed E-state index contributed by atoms with van der Waals surface area (Å²) in [5, 5.41) is 8.65. The molecular formula is C20H24N4O3S. The first-order valence-electron chi connectivity index (χ1n) is 9.12. The van der Waals surface area contributed by atoms with Crippen molar-refractivity contribution in [1.82, 2.24) is 14.8 Å². The fourth-order valence-electron chi connectivity index (χ4n) is 4.08. The number of carbonyl (C=O) groups is 1. The molecular weight excluding hydrogens is 376 g/mol. The van der Waals surface area contributed by atoms with Crippen molar-refractivity contribution in [2.24, 2.45) is 11.3 Å². The number of rotatable bonds is 4. The van der Waals surface area contributed by atoms with Crippen molar-refractivity contribution in [1.29, 1.82) is 0 Å². The lowest BCUT2D eigenvalue weighted by atomic mass is 9.72. The maximum Gasteiger partial charge on any atom is 0.227 e. The number of allylic oxidation sites excluding steroid dienone is 2. The van der Waals surface area contributed by atoms with Crippen LogP contribution in [0.4, 0.5) is 5.95 Å². The predicted octanol–water partition coefficient (Wildman–Crippen LogP) is 3.53. The quantitative estimate of drug-likeness (QED) is 0.787. The van der Waals surface area contributed by atoms with Crippen LogP contribution in [0.15, 0.2) is 35.1 Å². The summed E-state index contributed by atoms with van der Waals surface area (Å²) in [4.78, 5) is 17.8. The molecule has 0 spiro atoms. The summed E-state index contributed by atoms with van der Waals surface area (Å²) in [6, 6.07) is 5.28. The predicted molar refractivity (Wildman–Crippen MR) is 108 cm³/mol. The second kappa shape index (κ2) is 6.84. The Balaban J connectivity index is 1.96. The zero-order valence-electron chi connectivity index (χ0n) is 16.6. The van der Waals surface area contributed by atoms with Gasteiger partial charge in [-0.1, -0.05) is 31.7 Å². The molecule has 28 heavy (non-hydrogen) atoms. The maximum absolute atomic E-state index is 13.2. The van der Waals surface area contributed by atoms with Crippen molar-refractivity contribution in [3.8, 4) is 11.5 Å². The Morgan fingerprint density at radius 3 is 2.75 bits per heavy atom. The van der Waals surface area contributed by atoms with Crippen LogP contribution in [0.1, 0.15) is 31.9 Å². The zero-order chi connectivity index (χ0) is 20.1. The Morgan fingerprint density at radius 2 is 2.07 bits per heavy atom. The monoisotopic (exact) mass is 400 g/mol. The van der Waals surface area contributed by atoms with Gasteiger partial charge in [0.15, 0.2) is 0 Å². The number of methoxy groups -OCH3 is 2. The highest BCUT2D eigenvalue weighted by molar-refractivity contribution is 7.98. The number of nitrogens with zero attached hydrogens (tertiary/aromatic N) is 3. The summed E-state index contributed by atoms with van der Waals surface area (Å²) in [7, 11) is 3.25. The molecule has 2 aromatic rings. The standard InChI is InChI=1S/C20H24N4O3S/c1-20(2)9-13-16(14(25)10-20)17(24-18(21-13)22-19(23-24)28-5)12-8-11(26-3)6-7-15(12)27-4/h6-9,16-17H,10H2,1-5H3,(H,21,22,23)/t16-,17-/m1/s1. The lowest BCUT2D eigenvalue weighted by Crippen LogP contribution is -2.42. The molecule has 2 heterocycles. The van der Waals surface area contributed by atoms with Crippen molar-refractivity contribution in [3.05, 3.63) is 35.5 Å². The fourth-order valence-corrected chi connectivity index (χ4v) is 4.42. The average Bonchev–Trinajstić information content (AvgIpc) is 3.07. The van der Waals surface area contributed by atoms with Crippen LogP contribution in [0.3, 0.4) is 0 Å². The van der Waals surface area contributed by atoms with Crippen LogP contribution in [0.25, 0.3) is 0 Å². The molecule has 8 heteroatoms. The van der Waals surface area contributed by atoms with Gasteiger partial charge < -0.3 is 14.8 Å². The smallest absolute Gasteiger partial charge is 0.227 e. The highest BCUT2D eigenvalue weighted by Gasteiger charge is 2.46. The van der Waals surface area contributed by atoms with Crippen molar-refractivity contribution in [3.63, 3.8) is 0 Å². The number of anilines is 1. The molecule has 0 radical (unpaired) electrons. The van der Waals surface area contributed by atoms with Crippen molar-refractivity contribution in [2.45, 2.75) is 31.5 Å². The second-order valence-corrected chi connectivity index (χ2v) is 8.53. The number of hydrogen-bond acceptors (Lipinski definition) is 7. The molecule has 0 saturated carbocycles. The number of thioether (sulfide) groups is 1. The van der Waals surface area contributed by atoms with Gasteiger partial charge in [0.05, 0.1) is 26.2 Å². The first-order valence-corrected chi connectivity index (χ1v) is 10.3. The summed E-state index contributed by atoms with van der Waals surface area (Å²) in [5.41, 5.74) is 1.53. The number of carbonyl (C=O) groups excluding carboxylic acids is 1. The number of benzene rings is 1. The normalized spacial score (nSPS) is 22.6. The maximum atomic E-state index is 13.2. The summed E-state index contributed by atoms with van der Waals surface area (Å²) in [6.45, 7) is 4.15. The van der Waals surface area contributed by atoms with E-state index in [1.54, 1.807) is 18.9 Å². The van der Waals surface area contributed by atoms with Gasteiger partial charge in [0.2, 0.25) is 11.1 Å². The molecule has 0 fully saturated rings. The number of nitrogens with one attached hydrogen (secondary N) is 1. The lowest BCUT2D eigenvalue weighted by molar-refractivity contribution is -0.125. The first kappa shape index (κ1) is 18.9. The first-order chi connectivity index (χ1) is 13.4. The number of aromatic nitrogens is 3. The number of ketones is 1. The van der Waals surface area contributed by atoms with Crippen molar-refractivity contribution >= 4 is 23.5 Å². The van der Waals surface area contributed by atoms with Gasteiger partial charge in [0.25, 0.3) is 0 Å². The van der Waals surface area contributed by atoms with Crippen LogP contribution in [-0.2, 0) is 4.79 Å². The number of ether oxygens (including phenoxy) is 2. The van der Waals surface area contributed by atoms with Crippen molar-refractivity contribution in [2.75, 3.05) is 25.8 Å². The van der Waals surface area contributed by atoms with Crippen LogP contribution in [0, 0.1) is 11.3 Å². The fraction of sp³-hybridized carbons (Fsp3) is 0.450. The molecule has 1 aromatic carbocycles. The van der Waals surface area contributed by atoms with Gasteiger partial charge in [0, 0.05) is 17.7 Å².